The summed E-state index contributed by atoms with van der Waals surface area (Å²) in [5.41, 5.74) is 2.76. The second-order valence-electron chi connectivity index (χ2n) is 4.63. The summed E-state index contributed by atoms with van der Waals surface area (Å²) in [5, 5.41) is 3.36. The van der Waals surface area contributed by atoms with Gasteiger partial charge in [-0.25, -0.2) is 0 Å². The summed E-state index contributed by atoms with van der Waals surface area (Å²) in [5.74, 6) is 6.67. The molecule has 0 radical (unpaired) electrons. The molecule has 0 aliphatic carbocycles. The van der Waals surface area contributed by atoms with E-state index in [1.54, 1.807) is 0 Å². The van der Waals surface area contributed by atoms with E-state index in [0.29, 0.717) is 12.0 Å². The summed E-state index contributed by atoms with van der Waals surface area (Å²) in [6, 6.07) is 9.34. The summed E-state index contributed by atoms with van der Waals surface area (Å²) >= 11 is 0. The molecular weight excluding hydrogens is 206 g/mol. The molecule has 1 aromatic carbocycles. The van der Waals surface area contributed by atoms with Crippen molar-refractivity contribution in [3.05, 3.63) is 35.4 Å². The first-order valence-corrected chi connectivity index (χ1v) is 6.35. The van der Waals surface area contributed by atoms with E-state index in [1.165, 1.54) is 11.1 Å². The molecule has 1 nitrogen and oxygen atoms in total. The minimum atomic E-state index is 0.414. The van der Waals surface area contributed by atoms with Crippen molar-refractivity contribution < 1.29 is 0 Å². The molecule has 0 aliphatic rings. The van der Waals surface area contributed by atoms with Crippen LogP contribution in [0.15, 0.2) is 24.3 Å². The summed E-state index contributed by atoms with van der Waals surface area (Å²) in [4.78, 5) is 0. The van der Waals surface area contributed by atoms with Crippen molar-refractivity contribution in [2.24, 2.45) is 0 Å². The van der Waals surface area contributed by atoms with Crippen LogP contribution in [0.3, 0.4) is 0 Å². The molecule has 0 aliphatic heterocycles. The number of hydrogen-bond donors (Lipinski definition) is 1. The summed E-state index contributed by atoms with van der Waals surface area (Å²) < 4.78 is 0. The van der Waals surface area contributed by atoms with Gasteiger partial charge in [0, 0.05) is 12.5 Å². The van der Waals surface area contributed by atoms with Gasteiger partial charge in [0.15, 0.2) is 0 Å². The highest BCUT2D eigenvalue weighted by atomic mass is 14.9. The Balaban J connectivity index is 2.70. The molecule has 1 N–H and O–H groups in total. The third kappa shape index (κ3) is 4.24. The van der Waals surface area contributed by atoms with Crippen molar-refractivity contribution >= 4 is 0 Å². The monoisotopic (exact) mass is 229 g/mol. The van der Waals surface area contributed by atoms with E-state index >= 15 is 0 Å². The van der Waals surface area contributed by atoms with Crippen molar-refractivity contribution in [2.45, 2.75) is 45.6 Å². The van der Waals surface area contributed by atoms with Crippen LogP contribution in [0.4, 0.5) is 0 Å². The number of nitrogens with one attached hydrogen (secondary N) is 1. The molecular formula is C16H23N. The standard InChI is InChI=1S/C16H23N/c1-5-6-7-8-16(17-4)15-11-9-14(10-12-15)13(2)3/h9-13,16-17H,7-8H2,1-4H3. The predicted molar refractivity (Wildman–Crippen MR) is 75.0 cm³/mol. The largest absolute Gasteiger partial charge is 0.313 e. The molecule has 0 heterocycles. The van der Waals surface area contributed by atoms with Gasteiger partial charge in [-0.3, -0.25) is 0 Å². The maximum absolute atomic E-state index is 3.36. The Bertz CT molecular complexity index is 378. The molecule has 1 heteroatoms. The van der Waals surface area contributed by atoms with Crippen LogP contribution in [-0.2, 0) is 0 Å². The highest BCUT2D eigenvalue weighted by Crippen LogP contribution is 2.21. The van der Waals surface area contributed by atoms with Crippen molar-refractivity contribution in [1.29, 1.82) is 0 Å². The van der Waals surface area contributed by atoms with E-state index < -0.39 is 0 Å². The van der Waals surface area contributed by atoms with Gasteiger partial charge in [-0.1, -0.05) is 38.1 Å². The van der Waals surface area contributed by atoms with Crippen molar-refractivity contribution in [2.75, 3.05) is 7.05 Å². The Morgan fingerprint density at radius 2 is 1.71 bits per heavy atom. The van der Waals surface area contributed by atoms with E-state index in [-0.39, 0.29) is 0 Å². The Morgan fingerprint density at radius 1 is 1.12 bits per heavy atom. The minimum Gasteiger partial charge on any atom is -0.313 e. The first-order valence-electron chi connectivity index (χ1n) is 6.35. The number of rotatable bonds is 5. The van der Waals surface area contributed by atoms with E-state index in [0.717, 1.165) is 12.8 Å². The molecule has 17 heavy (non-hydrogen) atoms. The van der Waals surface area contributed by atoms with Crippen molar-refractivity contribution in [3.8, 4) is 11.8 Å². The van der Waals surface area contributed by atoms with E-state index in [2.05, 4.69) is 55.3 Å². The lowest BCUT2D eigenvalue weighted by molar-refractivity contribution is 0.558. The molecule has 0 saturated heterocycles. The van der Waals surface area contributed by atoms with Gasteiger partial charge in [-0.15, -0.1) is 11.8 Å². The smallest absolute Gasteiger partial charge is 0.0326 e. The van der Waals surface area contributed by atoms with E-state index in [1.807, 2.05) is 14.0 Å². The van der Waals surface area contributed by atoms with Gasteiger partial charge in [-0.2, -0.15) is 0 Å². The first-order chi connectivity index (χ1) is 8.19. The van der Waals surface area contributed by atoms with Crippen LogP contribution in [0, 0.1) is 11.8 Å². The summed E-state index contributed by atoms with van der Waals surface area (Å²) in [6.07, 6.45) is 2.02. The summed E-state index contributed by atoms with van der Waals surface area (Å²) in [7, 11) is 2.01. The fourth-order valence-electron chi connectivity index (χ4n) is 1.93. The van der Waals surface area contributed by atoms with Crippen LogP contribution in [0.25, 0.3) is 0 Å². The fraction of sp³-hybridized carbons (Fsp3) is 0.500. The molecule has 0 amide bonds. The van der Waals surface area contributed by atoms with Gasteiger partial charge < -0.3 is 5.32 Å². The van der Waals surface area contributed by atoms with Crippen LogP contribution in [0.5, 0.6) is 0 Å². The van der Waals surface area contributed by atoms with Crippen LogP contribution >= 0.6 is 0 Å². The predicted octanol–water partition coefficient (Wildman–Crippen LogP) is 3.87. The Hall–Kier alpha value is -1.26. The zero-order valence-corrected chi connectivity index (χ0v) is 11.4. The van der Waals surface area contributed by atoms with Crippen LogP contribution in [0.1, 0.15) is 56.7 Å². The van der Waals surface area contributed by atoms with Gasteiger partial charge in [0.1, 0.15) is 0 Å². The van der Waals surface area contributed by atoms with Crippen LogP contribution in [-0.4, -0.2) is 7.05 Å². The lowest BCUT2D eigenvalue weighted by Gasteiger charge is -2.16. The molecule has 0 bridgehead atoms. The van der Waals surface area contributed by atoms with Gasteiger partial charge in [-0.05, 0) is 37.4 Å². The Labute approximate surface area is 106 Å². The average Bonchev–Trinajstić information content (AvgIpc) is 2.35. The Morgan fingerprint density at radius 3 is 2.18 bits per heavy atom. The second-order valence-corrected chi connectivity index (χ2v) is 4.63. The number of benzene rings is 1. The van der Waals surface area contributed by atoms with Crippen molar-refractivity contribution in [3.63, 3.8) is 0 Å². The lowest BCUT2D eigenvalue weighted by Crippen LogP contribution is -2.16. The second kappa shape index (κ2) is 7.14. The molecule has 1 atom stereocenters. The molecule has 92 valence electrons. The summed E-state index contributed by atoms with van der Waals surface area (Å²) in [6.45, 7) is 6.34. The van der Waals surface area contributed by atoms with E-state index in [9.17, 15) is 0 Å². The third-order valence-corrected chi connectivity index (χ3v) is 3.09. The van der Waals surface area contributed by atoms with Gasteiger partial charge >= 0.3 is 0 Å². The van der Waals surface area contributed by atoms with E-state index in [4.69, 9.17) is 0 Å². The van der Waals surface area contributed by atoms with Gasteiger partial charge in [0.25, 0.3) is 0 Å². The zero-order chi connectivity index (χ0) is 12.7. The molecule has 0 spiro atoms. The van der Waals surface area contributed by atoms with Gasteiger partial charge in [0.05, 0.1) is 0 Å². The lowest BCUT2D eigenvalue weighted by atomic mass is 9.97. The maximum Gasteiger partial charge on any atom is 0.0326 e. The highest BCUT2D eigenvalue weighted by molar-refractivity contribution is 5.27. The molecule has 0 aromatic heterocycles. The van der Waals surface area contributed by atoms with Gasteiger partial charge in [0.2, 0.25) is 0 Å². The van der Waals surface area contributed by atoms with Crippen LogP contribution < -0.4 is 5.32 Å². The molecule has 1 unspecified atom stereocenters. The quantitative estimate of drug-likeness (QED) is 0.756. The average molecular weight is 229 g/mol. The fourth-order valence-corrected chi connectivity index (χ4v) is 1.93. The SMILES string of the molecule is CC#CCCC(NC)c1ccc(C(C)C)cc1. The van der Waals surface area contributed by atoms with Crippen LogP contribution in [0.2, 0.25) is 0 Å². The highest BCUT2D eigenvalue weighted by Gasteiger charge is 2.08. The molecule has 0 fully saturated rings. The zero-order valence-electron chi connectivity index (χ0n) is 11.4. The molecule has 1 rings (SSSR count). The molecule has 0 saturated carbocycles. The Kier molecular flexibility index (Phi) is 5.80. The normalized spacial score (nSPS) is 12.1. The first kappa shape index (κ1) is 13.8. The topological polar surface area (TPSA) is 12.0 Å². The third-order valence-electron chi connectivity index (χ3n) is 3.09. The number of hydrogen-bond acceptors (Lipinski definition) is 1. The molecule has 1 aromatic rings. The minimum absolute atomic E-state index is 0.414. The van der Waals surface area contributed by atoms with Crippen molar-refractivity contribution in [1.82, 2.24) is 5.32 Å². The maximum atomic E-state index is 3.36.